The lowest BCUT2D eigenvalue weighted by atomic mass is 9.84. The summed E-state index contributed by atoms with van der Waals surface area (Å²) in [6.45, 7) is 1.94. The third-order valence-corrected chi connectivity index (χ3v) is 5.23. The molecule has 1 aromatic heterocycles. The first-order valence-electron chi connectivity index (χ1n) is 9.17. The second-order valence-electron chi connectivity index (χ2n) is 6.90. The fourth-order valence-electron chi connectivity index (χ4n) is 3.47. The smallest absolute Gasteiger partial charge is 0.269 e. The van der Waals surface area contributed by atoms with Gasteiger partial charge >= 0.3 is 0 Å². The molecule has 1 aliphatic rings. The van der Waals surface area contributed by atoms with Crippen LogP contribution in [0.2, 0.25) is 5.02 Å². The fraction of sp³-hybridized carbons (Fsp3) is 0.143. The number of halogens is 1. The topological polar surface area (TPSA) is 140 Å². The second kappa shape index (κ2) is 8.01. The van der Waals surface area contributed by atoms with Crippen molar-refractivity contribution < 1.29 is 14.4 Å². The molecule has 3 N–H and O–H groups in total. The van der Waals surface area contributed by atoms with E-state index in [1.165, 1.54) is 12.1 Å². The van der Waals surface area contributed by atoms with E-state index < -0.39 is 10.8 Å². The number of nitrogens with zero attached hydrogens (tertiary/aromatic N) is 3. The Balaban J connectivity index is 1.62. The summed E-state index contributed by atoms with van der Waals surface area (Å²) >= 11 is 6.45. The number of nitrogens with two attached hydrogens (primary N) is 1. The highest BCUT2D eigenvalue weighted by Crippen LogP contribution is 2.44. The van der Waals surface area contributed by atoms with E-state index in [1.807, 2.05) is 6.92 Å². The number of nitro groups is 1. The van der Waals surface area contributed by atoms with Crippen LogP contribution in [0.5, 0.6) is 11.6 Å². The Labute approximate surface area is 181 Å². The maximum absolute atomic E-state index is 10.9. The van der Waals surface area contributed by atoms with E-state index in [2.05, 4.69) is 16.3 Å². The van der Waals surface area contributed by atoms with Gasteiger partial charge in [0.2, 0.25) is 11.8 Å². The van der Waals surface area contributed by atoms with E-state index in [9.17, 15) is 15.4 Å². The van der Waals surface area contributed by atoms with E-state index in [0.717, 1.165) is 11.3 Å². The Morgan fingerprint density at radius 2 is 2.19 bits per heavy atom. The summed E-state index contributed by atoms with van der Waals surface area (Å²) in [5, 5.41) is 27.8. The van der Waals surface area contributed by atoms with Crippen molar-refractivity contribution in [1.29, 1.82) is 5.26 Å². The van der Waals surface area contributed by atoms with Gasteiger partial charge in [0.05, 0.1) is 15.9 Å². The molecule has 0 saturated carbocycles. The maximum Gasteiger partial charge on any atom is 0.269 e. The average Bonchev–Trinajstić information content (AvgIpc) is 3.12. The molecule has 1 atom stereocenters. The molecule has 0 fully saturated rings. The van der Waals surface area contributed by atoms with Crippen LogP contribution >= 0.6 is 11.6 Å². The highest BCUT2D eigenvalue weighted by atomic mass is 35.5. The van der Waals surface area contributed by atoms with Crippen molar-refractivity contribution in [1.82, 2.24) is 10.2 Å². The summed E-state index contributed by atoms with van der Waals surface area (Å²) < 4.78 is 11.2. The van der Waals surface area contributed by atoms with Crippen LogP contribution in [0.25, 0.3) is 0 Å². The Morgan fingerprint density at radius 3 is 2.90 bits per heavy atom. The van der Waals surface area contributed by atoms with Gasteiger partial charge < -0.3 is 15.2 Å². The zero-order valence-corrected chi connectivity index (χ0v) is 17.0. The fourth-order valence-corrected chi connectivity index (χ4v) is 3.71. The summed E-state index contributed by atoms with van der Waals surface area (Å²) in [7, 11) is 0. The number of benzene rings is 2. The van der Waals surface area contributed by atoms with Crippen molar-refractivity contribution in [2.75, 3.05) is 0 Å². The van der Waals surface area contributed by atoms with Gasteiger partial charge in [-0.3, -0.25) is 15.2 Å². The summed E-state index contributed by atoms with van der Waals surface area (Å²) in [6.07, 6.45) is 0. The number of nitrogens with one attached hydrogen (secondary N) is 1. The first-order valence-corrected chi connectivity index (χ1v) is 9.55. The number of fused-ring (bicyclic) bond motifs is 1. The molecule has 3 aromatic rings. The molecule has 156 valence electrons. The van der Waals surface area contributed by atoms with Crippen molar-refractivity contribution in [2.45, 2.75) is 19.4 Å². The molecule has 0 radical (unpaired) electrons. The average molecular weight is 438 g/mol. The van der Waals surface area contributed by atoms with Gasteiger partial charge in [-0.15, -0.1) is 5.10 Å². The van der Waals surface area contributed by atoms with Crippen molar-refractivity contribution in [2.24, 2.45) is 5.73 Å². The Morgan fingerprint density at radius 1 is 1.39 bits per heavy atom. The standard InChI is InChI=1S/C21H16ClN5O4/c1-11-18-19(15(9-23)20(24)31-21(18)26-25-11)13-5-6-17(16(22)8-13)30-10-12-3-2-4-14(7-12)27(28)29/h2-8,19H,10,24H2,1H3,(H,25,26)/t19-/m0/s1. The number of ether oxygens (including phenoxy) is 2. The number of H-pyrrole nitrogens is 1. The molecule has 0 bridgehead atoms. The molecule has 2 heterocycles. The zero-order valence-electron chi connectivity index (χ0n) is 16.3. The predicted octanol–water partition coefficient (Wildman–Crippen LogP) is 4.08. The van der Waals surface area contributed by atoms with Crippen molar-refractivity contribution in [3.05, 3.63) is 91.4 Å². The molecular formula is C21H16ClN5O4. The molecule has 4 rings (SSSR count). The number of hydrogen-bond donors (Lipinski definition) is 2. The van der Waals surface area contributed by atoms with Crippen LogP contribution in [0.15, 0.2) is 53.9 Å². The van der Waals surface area contributed by atoms with Gasteiger partial charge in [0, 0.05) is 23.4 Å². The molecule has 0 unspecified atom stereocenters. The van der Waals surface area contributed by atoms with Crippen LogP contribution in [0, 0.1) is 28.4 Å². The van der Waals surface area contributed by atoms with Gasteiger partial charge in [-0.05, 0) is 30.2 Å². The first-order chi connectivity index (χ1) is 14.9. The first kappa shape index (κ1) is 20.3. The number of allylic oxidation sites excluding steroid dienone is 1. The molecule has 10 heteroatoms. The third-order valence-electron chi connectivity index (χ3n) is 4.93. The molecule has 2 aromatic carbocycles. The number of non-ortho nitro benzene ring substituents is 1. The van der Waals surface area contributed by atoms with E-state index in [1.54, 1.807) is 30.3 Å². The van der Waals surface area contributed by atoms with Crippen molar-refractivity contribution in [3.8, 4) is 17.7 Å². The van der Waals surface area contributed by atoms with Crippen LogP contribution in [0.3, 0.4) is 0 Å². The molecule has 0 amide bonds. The van der Waals surface area contributed by atoms with E-state index in [0.29, 0.717) is 27.8 Å². The van der Waals surface area contributed by atoms with Crippen LogP contribution in [0.4, 0.5) is 5.69 Å². The van der Waals surface area contributed by atoms with E-state index in [-0.39, 0.29) is 23.8 Å². The highest BCUT2D eigenvalue weighted by Gasteiger charge is 2.34. The van der Waals surface area contributed by atoms with Gasteiger partial charge in [-0.25, -0.2) is 0 Å². The van der Waals surface area contributed by atoms with Gasteiger partial charge in [0.25, 0.3) is 5.69 Å². The molecule has 1 aliphatic heterocycles. The Kier molecular flexibility index (Phi) is 5.23. The number of rotatable bonds is 5. The predicted molar refractivity (Wildman–Crippen MR) is 112 cm³/mol. The van der Waals surface area contributed by atoms with Gasteiger partial charge in [0.1, 0.15) is 24.0 Å². The highest BCUT2D eigenvalue weighted by molar-refractivity contribution is 6.32. The third kappa shape index (κ3) is 3.76. The minimum Gasteiger partial charge on any atom is -0.487 e. The summed E-state index contributed by atoms with van der Waals surface area (Å²) in [5.41, 5.74) is 9.01. The Bertz CT molecular complexity index is 1260. The second-order valence-corrected chi connectivity index (χ2v) is 7.30. The van der Waals surface area contributed by atoms with Crippen LogP contribution in [-0.2, 0) is 6.61 Å². The molecule has 0 aliphatic carbocycles. The lowest BCUT2D eigenvalue weighted by Gasteiger charge is -2.24. The SMILES string of the molecule is Cc1[nH]nc2c1[C@@H](c1ccc(OCc3cccc([N+](=O)[O-])c3)c(Cl)c1)C(C#N)=C(N)O2. The summed E-state index contributed by atoms with van der Waals surface area (Å²) in [6, 6.07) is 13.5. The Hall–Kier alpha value is -4.03. The molecule has 0 spiro atoms. The van der Waals surface area contributed by atoms with E-state index >= 15 is 0 Å². The molecule has 9 nitrogen and oxygen atoms in total. The number of aromatic amines is 1. The lowest BCUT2D eigenvalue weighted by molar-refractivity contribution is -0.384. The minimum absolute atomic E-state index is 0.00591. The van der Waals surface area contributed by atoms with Crippen molar-refractivity contribution in [3.63, 3.8) is 0 Å². The largest absolute Gasteiger partial charge is 0.487 e. The molecular weight excluding hydrogens is 422 g/mol. The molecule has 0 saturated heterocycles. The number of aryl methyl sites for hydroxylation is 1. The van der Waals surface area contributed by atoms with Gasteiger partial charge in [0.15, 0.2) is 0 Å². The summed E-state index contributed by atoms with van der Waals surface area (Å²) in [5.74, 6) is 0.231. The van der Waals surface area contributed by atoms with Gasteiger partial charge in [-0.1, -0.05) is 29.8 Å². The quantitative estimate of drug-likeness (QED) is 0.452. The van der Waals surface area contributed by atoms with Crippen LogP contribution in [-0.4, -0.2) is 15.1 Å². The van der Waals surface area contributed by atoms with Crippen molar-refractivity contribution >= 4 is 17.3 Å². The zero-order chi connectivity index (χ0) is 22.1. The molecule has 31 heavy (non-hydrogen) atoms. The van der Waals surface area contributed by atoms with Gasteiger partial charge in [-0.2, -0.15) is 5.26 Å². The normalized spacial score (nSPS) is 15.1. The minimum atomic E-state index is -0.490. The number of aromatic nitrogens is 2. The summed E-state index contributed by atoms with van der Waals surface area (Å²) in [4.78, 5) is 10.5. The van der Waals surface area contributed by atoms with Crippen LogP contribution < -0.4 is 15.2 Å². The number of nitriles is 1. The maximum atomic E-state index is 10.9. The van der Waals surface area contributed by atoms with E-state index in [4.69, 9.17) is 26.8 Å². The number of nitro benzene ring substituents is 1. The monoisotopic (exact) mass is 437 g/mol. The number of hydrogen-bond acceptors (Lipinski definition) is 7. The van der Waals surface area contributed by atoms with Crippen LogP contribution in [0.1, 0.15) is 28.3 Å². The lowest BCUT2D eigenvalue weighted by Crippen LogP contribution is -2.21.